The average molecular weight is 317 g/mol. The molecule has 1 fully saturated rings. The van der Waals surface area contributed by atoms with E-state index in [2.05, 4.69) is 5.10 Å². The minimum Gasteiger partial charge on any atom is -0.444 e. The first-order valence-corrected chi connectivity index (χ1v) is 7.60. The quantitative estimate of drug-likeness (QED) is 0.852. The van der Waals surface area contributed by atoms with Crippen molar-refractivity contribution in [2.75, 3.05) is 13.1 Å². The second-order valence-corrected chi connectivity index (χ2v) is 6.76. The normalized spacial score (nSPS) is 15.4. The van der Waals surface area contributed by atoms with Crippen LogP contribution in [0, 0.1) is 5.82 Å². The summed E-state index contributed by atoms with van der Waals surface area (Å²) in [7, 11) is 0. The molecule has 0 bridgehead atoms. The van der Waals surface area contributed by atoms with Gasteiger partial charge in [0.05, 0.1) is 12.2 Å². The third-order valence-corrected chi connectivity index (χ3v) is 3.67. The van der Waals surface area contributed by atoms with Crippen LogP contribution in [0.25, 0.3) is 11.1 Å². The Hall–Kier alpha value is -2.37. The molecule has 5 nitrogen and oxygen atoms in total. The van der Waals surface area contributed by atoms with Crippen molar-refractivity contribution in [3.8, 4) is 11.1 Å². The molecule has 2 heterocycles. The molecule has 1 aromatic heterocycles. The van der Waals surface area contributed by atoms with E-state index in [0.717, 1.165) is 11.1 Å². The number of likely N-dealkylation sites (tertiary alicyclic amines) is 1. The highest BCUT2D eigenvalue weighted by Crippen LogP contribution is 2.26. The summed E-state index contributed by atoms with van der Waals surface area (Å²) in [6, 6.07) is 6.46. The van der Waals surface area contributed by atoms with Gasteiger partial charge in [-0.3, -0.25) is 4.68 Å². The van der Waals surface area contributed by atoms with E-state index >= 15 is 0 Å². The fourth-order valence-electron chi connectivity index (χ4n) is 2.43. The van der Waals surface area contributed by atoms with Gasteiger partial charge in [-0.25, -0.2) is 9.18 Å². The maximum Gasteiger partial charge on any atom is 0.410 e. The topological polar surface area (TPSA) is 47.4 Å². The highest BCUT2D eigenvalue weighted by molar-refractivity contribution is 5.69. The van der Waals surface area contributed by atoms with Crippen molar-refractivity contribution in [3.05, 3.63) is 42.5 Å². The molecule has 6 heteroatoms. The fourth-order valence-corrected chi connectivity index (χ4v) is 2.43. The van der Waals surface area contributed by atoms with Gasteiger partial charge in [-0.2, -0.15) is 5.10 Å². The van der Waals surface area contributed by atoms with Gasteiger partial charge in [0.1, 0.15) is 11.4 Å². The monoisotopic (exact) mass is 317 g/mol. The van der Waals surface area contributed by atoms with Crippen molar-refractivity contribution in [1.82, 2.24) is 14.7 Å². The van der Waals surface area contributed by atoms with Gasteiger partial charge in [0.25, 0.3) is 0 Å². The molecule has 1 saturated heterocycles. The predicted molar refractivity (Wildman–Crippen MR) is 84.5 cm³/mol. The standard InChI is InChI=1S/C17H20FN3O2/c1-17(2,3)23-16(22)20-10-15(11-20)21-9-13(8-19-21)12-4-6-14(18)7-5-12/h4-9,15H,10-11H2,1-3H3. The molecule has 0 atom stereocenters. The van der Waals surface area contributed by atoms with Gasteiger partial charge < -0.3 is 9.64 Å². The number of nitrogens with zero attached hydrogens (tertiary/aromatic N) is 3. The molecule has 1 aromatic carbocycles. The first-order chi connectivity index (χ1) is 10.8. The Balaban J connectivity index is 1.61. The summed E-state index contributed by atoms with van der Waals surface area (Å²) in [5.74, 6) is -0.256. The molecule has 1 aliphatic heterocycles. The number of carbonyl (C=O) groups is 1. The van der Waals surface area contributed by atoms with Crippen molar-refractivity contribution >= 4 is 6.09 Å². The average Bonchev–Trinajstić information content (AvgIpc) is 2.85. The number of carbonyl (C=O) groups excluding carboxylic acids is 1. The van der Waals surface area contributed by atoms with Crippen LogP contribution < -0.4 is 0 Å². The van der Waals surface area contributed by atoms with Gasteiger partial charge in [-0.05, 0) is 38.5 Å². The van der Waals surface area contributed by atoms with E-state index in [1.807, 2.05) is 31.6 Å². The molecule has 0 N–H and O–H groups in total. The van der Waals surface area contributed by atoms with Gasteiger partial charge in [0.15, 0.2) is 0 Å². The molecule has 3 rings (SSSR count). The van der Waals surface area contributed by atoms with E-state index in [-0.39, 0.29) is 18.0 Å². The maximum atomic E-state index is 13.0. The summed E-state index contributed by atoms with van der Waals surface area (Å²) in [4.78, 5) is 13.6. The van der Waals surface area contributed by atoms with E-state index < -0.39 is 5.60 Å². The van der Waals surface area contributed by atoms with E-state index in [9.17, 15) is 9.18 Å². The molecule has 0 unspecified atom stereocenters. The van der Waals surface area contributed by atoms with E-state index in [1.54, 1.807) is 23.2 Å². The number of benzene rings is 1. The largest absolute Gasteiger partial charge is 0.444 e. The van der Waals surface area contributed by atoms with Gasteiger partial charge in [0, 0.05) is 24.8 Å². The van der Waals surface area contributed by atoms with E-state index in [1.165, 1.54) is 12.1 Å². The third-order valence-electron chi connectivity index (χ3n) is 3.67. The van der Waals surface area contributed by atoms with Crippen LogP contribution in [0.1, 0.15) is 26.8 Å². The molecule has 1 aliphatic rings. The van der Waals surface area contributed by atoms with Crippen LogP contribution in [-0.2, 0) is 4.74 Å². The lowest BCUT2D eigenvalue weighted by atomic mass is 10.1. The first-order valence-electron chi connectivity index (χ1n) is 7.60. The molecule has 0 spiro atoms. The molecule has 23 heavy (non-hydrogen) atoms. The number of ether oxygens (including phenoxy) is 1. The smallest absolute Gasteiger partial charge is 0.410 e. The second kappa shape index (κ2) is 5.68. The van der Waals surface area contributed by atoms with Crippen LogP contribution in [0.5, 0.6) is 0 Å². The van der Waals surface area contributed by atoms with Crippen LogP contribution in [-0.4, -0.2) is 39.5 Å². The SMILES string of the molecule is CC(C)(C)OC(=O)N1CC(n2cc(-c3ccc(F)cc3)cn2)C1. The summed E-state index contributed by atoms with van der Waals surface area (Å²) in [6.45, 7) is 6.72. The highest BCUT2D eigenvalue weighted by Gasteiger charge is 2.35. The van der Waals surface area contributed by atoms with Crippen LogP contribution >= 0.6 is 0 Å². The van der Waals surface area contributed by atoms with Crippen molar-refractivity contribution in [1.29, 1.82) is 0 Å². The zero-order chi connectivity index (χ0) is 16.6. The van der Waals surface area contributed by atoms with Crippen molar-refractivity contribution < 1.29 is 13.9 Å². The Kier molecular flexibility index (Phi) is 3.83. The predicted octanol–water partition coefficient (Wildman–Crippen LogP) is 3.48. The maximum absolute atomic E-state index is 13.0. The molecular weight excluding hydrogens is 297 g/mol. The van der Waals surface area contributed by atoms with E-state index in [4.69, 9.17) is 4.74 Å². The summed E-state index contributed by atoms with van der Waals surface area (Å²) in [5.41, 5.74) is 1.37. The lowest BCUT2D eigenvalue weighted by Crippen LogP contribution is -2.52. The highest BCUT2D eigenvalue weighted by atomic mass is 19.1. The van der Waals surface area contributed by atoms with Crippen LogP contribution in [0.4, 0.5) is 9.18 Å². The Bertz CT molecular complexity index is 697. The van der Waals surface area contributed by atoms with Crippen LogP contribution in [0.2, 0.25) is 0 Å². The molecule has 0 radical (unpaired) electrons. The van der Waals surface area contributed by atoms with Gasteiger partial charge >= 0.3 is 6.09 Å². The second-order valence-electron chi connectivity index (χ2n) is 6.76. The van der Waals surface area contributed by atoms with Crippen molar-refractivity contribution in [2.45, 2.75) is 32.4 Å². The number of amides is 1. The summed E-state index contributed by atoms with van der Waals surface area (Å²) < 4.78 is 20.1. The number of hydrogen-bond donors (Lipinski definition) is 0. The minimum atomic E-state index is -0.483. The zero-order valence-corrected chi connectivity index (χ0v) is 13.5. The zero-order valence-electron chi connectivity index (χ0n) is 13.5. The summed E-state index contributed by atoms with van der Waals surface area (Å²) in [5, 5.41) is 4.35. The fraction of sp³-hybridized carbons (Fsp3) is 0.412. The third kappa shape index (κ3) is 3.52. The minimum absolute atomic E-state index is 0.150. The molecule has 0 aliphatic carbocycles. The van der Waals surface area contributed by atoms with Gasteiger partial charge in [-0.1, -0.05) is 12.1 Å². The van der Waals surface area contributed by atoms with E-state index in [0.29, 0.717) is 13.1 Å². The number of halogens is 1. The molecule has 2 aromatic rings. The van der Waals surface area contributed by atoms with Gasteiger partial charge in [-0.15, -0.1) is 0 Å². The lowest BCUT2D eigenvalue weighted by Gasteiger charge is -2.39. The molecule has 1 amide bonds. The molecular formula is C17H20FN3O2. The first kappa shape index (κ1) is 15.5. The van der Waals surface area contributed by atoms with Crippen molar-refractivity contribution in [3.63, 3.8) is 0 Å². The summed E-state index contributed by atoms with van der Waals surface area (Å²) in [6.07, 6.45) is 3.38. The number of hydrogen-bond acceptors (Lipinski definition) is 3. The Morgan fingerprint density at radius 1 is 1.22 bits per heavy atom. The Labute approximate surface area is 134 Å². The molecule has 122 valence electrons. The van der Waals surface area contributed by atoms with Crippen LogP contribution in [0.3, 0.4) is 0 Å². The Morgan fingerprint density at radius 3 is 2.48 bits per heavy atom. The van der Waals surface area contributed by atoms with Crippen molar-refractivity contribution in [2.24, 2.45) is 0 Å². The lowest BCUT2D eigenvalue weighted by molar-refractivity contribution is -0.000380. The Morgan fingerprint density at radius 2 is 1.87 bits per heavy atom. The summed E-state index contributed by atoms with van der Waals surface area (Å²) >= 11 is 0. The number of aromatic nitrogens is 2. The van der Waals surface area contributed by atoms with Gasteiger partial charge in [0.2, 0.25) is 0 Å². The van der Waals surface area contributed by atoms with Crippen LogP contribution in [0.15, 0.2) is 36.7 Å². The number of rotatable bonds is 2. The molecule has 0 saturated carbocycles.